The molecule has 0 radical (unpaired) electrons. The molecule has 0 aliphatic carbocycles. The van der Waals surface area contributed by atoms with Gasteiger partial charge in [0.1, 0.15) is 17.4 Å². The van der Waals surface area contributed by atoms with Gasteiger partial charge in [-0.25, -0.2) is 0 Å². The van der Waals surface area contributed by atoms with Crippen LogP contribution in [0.4, 0.5) is 0 Å². The number of aromatic nitrogens is 4. The van der Waals surface area contributed by atoms with E-state index in [0.29, 0.717) is 23.1 Å². The third-order valence-corrected chi connectivity index (χ3v) is 5.24. The van der Waals surface area contributed by atoms with Gasteiger partial charge in [-0.2, -0.15) is 9.61 Å². The second-order valence-corrected chi connectivity index (χ2v) is 7.12. The minimum absolute atomic E-state index is 0.363. The molecular weight excluding hydrogens is 376 g/mol. The highest BCUT2D eigenvalue weighted by Crippen LogP contribution is 2.35. The molecule has 5 rings (SSSR count). The van der Waals surface area contributed by atoms with Crippen LogP contribution in [0.5, 0.6) is 17.2 Å². The van der Waals surface area contributed by atoms with Gasteiger partial charge in [-0.15, -0.1) is 10.2 Å². The van der Waals surface area contributed by atoms with Crippen LogP contribution < -0.4 is 14.2 Å². The van der Waals surface area contributed by atoms with Gasteiger partial charge < -0.3 is 14.2 Å². The molecule has 0 spiro atoms. The molecule has 0 amide bonds. The van der Waals surface area contributed by atoms with E-state index in [9.17, 15) is 0 Å². The van der Waals surface area contributed by atoms with Crippen molar-refractivity contribution < 1.29 is 14.2 Å². The van der Waals surface area contributed by atoms with E-state index in [1.54, 1.807) is 11.6 Å². The molecule has 2 aromatic carbocycles. The molecule has 0 fully saturated rings. The van der Waals surface area contributed by atoms with Crippen molar-refractivity contribution in [1.82, 2.24) is 19.8 Å². The first-order chi connectivity index (χ1) is 13.8. The molecule has 2 aromatic heterocycles. The SMILES string of the molecule is COc1ccccc1/C=C/c1nn2c([C@H]3COc4ccccc4O3)nnc2s1. The van der Waals surface area contributed by atoms with E-state index in [-0.39, 0.29) is 6.10 Å². The van der Waals surface area contributed by atoms with E-state index in [1.165, 1.54) is 11.3 Å². The number of hydrogen-bond acceptors (Lipinski definition) is 7. The fraction of sp³-hybridized carbons (Fsp3) is 0.150. The molecule has 0 bridgehead atoms. The van der Waals surface area contributed by atoms with E-state index in [4.69, 9.17) is 14.2 Å². The number of benzene rings is 2. The van der Waals surface area contributed by atoms with Crippen LogP contribution in [0.3, 0.4) is 0 Å². The molecule has 4 aromatic rings. The largest absolute Gasteiger partial charge is 0.496 e. The van der Waals surface area contributed by atoms with Crippen LogP contribution in [0.2, 0.25) is 0 Å². The second kappa shape index (κ2) is 6.97. The summed E-state index contributed by atoms with van der Waals surface area (Å²) >= 11 is 1.45. The lowest BCUT2D eigenvalue weighted by Crippen LogP contribution is -2.23. The van der Waals surface area contributed by atoms with Crippen LogP contribution in [0, 0.1) is 0 Å². The van der Waals surface area contributed by atoms with Crippen molar-refractivity contribution in [3.05, 3.63) is 64.9 Å². The third kappa shape index (κ3) is 2.97. The first kappa shape index (κ1) is 16.8. The zero-order valence-corrected chi connectivity index (χ0v) is 15.8. The fourth-order valence-corrected chi connectivity index (χ4v) is 3.78. The summed E-state index contributed by atoms with van der Waals surface area (Å²) in [5.74, 6) is 2.87. The minimum atomic E-state index is -0.363. The molecular formula is C20H16N4O3S. The fourth-order valence-electron chi connectivity index (χ4n) is 3.03. The normalized spacial score (nSPS) is 16.0. The maximum atomic E-state index is 6.03. The van der Waals surface area contributed by atoms with Crippen LogP contribution in [-0.4, -0.2) is 33.5 Å². The van der Waals surface area contributed by atoms with Crippen molar-refractivity contribution in [1.29, 1.82) is 0 Å². The molecule has 0 saturated carbocycles. The standard InChI is InChI=1S/C20H16N4O3S/c1-25-14-7-3-2-6-13(14)10-11-18-23-24-19(21-22-20(24)28-18)17-12-26-15-8-4-5-9-16(15)27-17/h2-11,17H,12H2,1H3/b11-10+/t17-/m1/s1. The number of para-hydroxylation sites is 3. The Morgan fingerprint density at radius 2 is 1.89 bits per heavy atom. The molecule has 0 saturated heterocycles. The summed E-state index contributed by atoms with van der Waals surface area (Å²) in [7, 11) is 1.66. The lowest BCUT2D eigenvalue weighted by Gasteiger charge is -2.24. The molecule has 1 atom stereocenters. The Kier molecular flexibility index (Phi) is 4.17. The molecule has 28 heavy (non-hydrogen) atoms. The van der Waals surface area contributed by atoms with Gasteiger partial charge in [0.2, 0.25) is 4.96 Å². The monoisotopic (exact) mass is 392 g/mol. The summed E-state index contributed by atoms with van der Waals surface area (Å²) in [5, 5.41) is 13.9. The average Bonchev–Trinajstić information content (AvgIpc) is 3.32. The molecule has 0 N–H and O–H groups in total. The highest BCUT2D eigenvalue weighted by atomic mass is 32.1. The predicted octanol–water partition coefficient (Wildman–Crippen LogP) is 3.88. The third-order valence-electron chi connectivity index (χ3n) is 4.37. The van der Waals surface area contributed by atoms with Crippen LogP contribution in [-0.2, 0) is 0 Å². The summed E-state index contributed by atoms with van der Waals surface area (Å²) in [6, 6.07) is 15.4. The zero-order chi connectivity index (χ0) is 18.9. The van der Waals surface area contributed by atoms with Gasteiger partial charge in [0.25, 0.3) is 0 Å². The van der Waals surface area contributed by atoms with Crippen LogP contribution in [0.1, 0.15) is 22.5 Å². The summed E-state index contributed by atoms with van der Waals surface area (Å²) in [4.78, 5) is 0.706. The van der Waals surface area contributed by atoms with Crippen molar-refractivity contribution in [2.75, 3.05) is 13.7 Å². The summed E-state index contributed by atoms with van der Waals surface area (Å²) in [6.45, 7) is 0.363. The summed E-state index contributed by atoms with van der Waals surface area (Å²) in [5.41, 5.74) is 0.983. The average molecular weight is 392 g/mol. The smallest absolute Gasteiger partial charge is 0.235 e. The quantitative estimate of drug-likeness (QED) is 0.525. The number of nitrogens with zero attached hydrogens (tertiary/aromatic N) is 4. The van der Waals surface area contributed by atoms with Gasteiger partial charge >= 0.3 is 0 Å². The van der Waals surface area contributed by atoms with Crippen molar-refractivity contribution >= 4 is 28.4 Å². The van der Waals surface area contributed by atoms with Crippen molar-refractivity contribution in [3.63, 3.8) is 0 Å². The van der Waals surface area contributed by atoms with Gasteiger partial charge in [-0.1, -0.05) is 41.7 Å². The summed E-state index contributed by atoms with van der Waals surface area (Å²) < 4.78 is 18.9. The molecule has 0 unspecified atom stereocenters. The molecule has 1 aliphatic rings. The molecule has 140 valence electrons. The Morgan fingerprint density at radius 1 is 1.07 bits per heavy atom. The Labute approximate surface area is 164 Å². The Morgan fingerprint density at radius 3 is 2.79 bits per heavy atom. The number of hydrogen-bond donors (Lipinski definition) is 0. The highest BCUT2D eigenvalue weighted by molar-refractivity contribution is 7.17. The van der Waals surface area contributed by atoms with Crippen LogP contribution in [0.15, 0.2) is 48.5 Å². The maximum Gasteiger partial charge on any atom is 0.235 e. The molecule has 8 heteroatoms. The van der Waals surface area contributed by atoms with Crippen molar-refractivity contribution in [2.24, 2.45) is 0 Å². The second-order valence-electron chi connectivity index (χ2n) is 6.13. The lowest BCUT2D eigenvalue weighted by molar-refractivity contribution is 0.0836. The number of ether oxygens (including phenoxy) is 3. The highest BCUT2D eigenvalue weighted by Gasteiger charge is 2.28. The van der Waals surface area contributed by atoms with Gasteiger partial charge in [0.05, 0.1) is 7.11 Å². The van der Waals surface area contributed by atoms with Crippen LogP contribution >= 0.6 is 11.3 Å². The predicted molar refractivity (Wildman–Crippen MR) is 106 cm³/mol. The van der Waals surface area contributed by atoms with Crippen molar-refractivity contribution in [2.45, 2.75) is 6.10 Å². The Hall–Kier alpha value is -3.39. The van der Waals surface area contributed by atoms with Gasteiger partial charge in [0.15, 0.2) is 23.4 Å². The van der Waals surface area contributed by atoms with E-state index < -0.39 is 0 Å². The minimum Gasteiger partial charge on any atom is -0.496 e. The Balaban J connectivity index is 1.43. The number of rotatable bonds is 4. The van der Waals surface area contributed by atoms with Crippen molar-refractivity contribution in [3.8, 4) is 17.2 Å². The van der Waals surface area contributed by atoms with Gasteiger partial charge in [0, 0.05) is 5.56 Å². The van der Waals surface area contributed by atoms with E-state index in [0.717, 1.165) is 22.1 Å². The zero-order valence-electron chi connectivity index (χ0n) is 15.0. The first-order valence-electron chi connectivity index (χ1n) is 8.73. The first-order valence-corrected chi connectivity index (χ1v) is 9.55. The molecule has 1 aliphatic heterocycles. The van der Waals surface area contributed by atoms with Gasteiger partial charge in [-0.3, -0.25) is 0 Å². The van der Waals surface area contributed by atoms with E-state index >= 15 is 0 Å². The lowest BCUT2D eigenvalue weighted by atomic mass is 10.2. The number of methoxy groups -OCH3 is 1. The molecule has 7 nitrogen and oxygen atoms in total. The Bertz CT molecular complexity index is 1170. The van der Waals surface area contributed by atoms with Crippen LogP contribution in [0.25, 0.3) is 17.1 Å². The van der Waals surface area contributed by atoms with Gasteiger partial charge in [-0.05, 0) is 30.4 Å². The van der Waals surface area contributed by atoms with E-state index in [2.05, 4.69) is 15.3 Å². The topological polar surface area (TPSA) is 70.8 Å². The number of fused-ring (bicyclic) bond motifs is 2. The molecule has 3 heterocycles. The van der Waals surface area contributed by atoms with E-state index in [1.807, 2.05) is 60.7 Å². The maximum absolute atomic E-state index is 6.03. The summed E-state index contributed by atoms with van der Waals surface area (Å²) in [6.07, 6.45) is 3.55.